The Labute approximate surface area is 160 Å². The molecule has 0 aliphatic heterocycles. The number of nitriles is 1. The predicted octanol–water partition coefficient (Wildman–Crippen LogP) is 2.44. The quantitative estimate of drug-likeness (QED) is 0.525. The maximum atomic E-state index is 9.03. The average molecular weight is 372 g/mol. The second-order valence-corrected chi connectivity index (χ2v) is 6.17. The highest BCUT2D eigenvalue weighted by atomic mass is 16.4. The summed E-state index contributed by atoms with van der Waals surface area (Å²) in [6.45, 7) is 0.368. The van der Waals surface area contributed by atoms with Crippen LogP contribution in [-0.4, -0.2) is 37.0 Å². The molecule has 0 saturated heterocycles. The fourth-order valence-corrected chi connectivity index (χ4v) is 2.84. The van der Waals surface area contributed by atoms with E-state index in [1.807, 2.05) is 41.8 Å². The molecular weight excluding hydrogens is 356 g/mol. The predicted molar refractivity (Wildman–Crippen MR) is 101 cm³/mol. The zero-order chi connectivity index (χ0) is 19.5. The van der Waals surface area contributed by atoms with E-state index >= 15 is 0 Å². The SMILES string of the molecule is CN(Cc1nnc(-c2cccc(C#N)c2)o1)c1nnc(-c2ccncc2)n1C. The first-order chi connectivity index (χ1) is 13.7. The van der Waals surface area contributed by atoms with Gasteiger partial charge in [-0.2, -0.15) is 5.26 Å². The third kappa shape index (κ3) is 3.31. The van der Waals surface area contributed by atoms with Gasteiger partial charge in [0.25, 0.3) is 0 Å². The molecule has 3 heterocycles. The van der Waals surface area contributed by atoms with Crippen molar-refractivity contribution in [2.45, 2.75) is 6.54 Å². The minimum Gasteiger partial charge on any atom is -0.419 e. The number of rotatable bonds is 5. The van der Waals surface area contributed by atoms with Gasteiger partial charge >= 0.3 is 0 Å². The van der Waals surface area contributed by atoms with Gasteiger partial charge in [0, 0.05) is 37.6 Å². The molecule has 4 aromatic rings. The molecule has 0 fully saturated rings. The molecule has 9 heteroatoms. The molecule has 28 heavy (non-hydrogen) atoms. The van der Waals surface area contributed by atoms with E-state index in [9.17, 15) is 0 Å². The molecular formula is C19H16N8O. The maximum Gasteiger partial charge on any atom is 0.247 e. The number of pyridine rings is 1. The lowest BCUT2D eigenvalue weighted by Crippen LogP contribution is -2.20. The van der Waals surface area contributed by atoms with Crippen LogP contribution in [-0.2, 0) is 13.6 Å². The minimum absolute atomic E-state index is 0.368. The smallest absolute Gasteiger partial charge is 0.247 e. The molecule has 3 aromatic heterocycles. The van der Waals surface area contributed by atoms with E-state index in [0.717, 1.165) is 11.4 Å². The van der Waals surface area contributed by atoms with Gasteiger partial charge in [-0.3, -0.25) is 9.55 Å². The minimum atomic E-state index is 0.368. The van der Waals surface area contributed by atoms with Gasteiger partial charge in [-0.15, -0.1) is 20.4 Å². The Kier molecular flexibility index (Phi) is 4.51. The molecule has 0 aliphatic carbocycles. The topological polar surface area (TPSA) is 110 Å². The van der Waals surface area contributed by atoms with E-state index in [2.05, 4.69) is 31.4 Å². The molecule has 1 aromatic carbocycles. The van der Waals surface area contributed by atoms with Crippen LogP contribution in [0.15, 0.2) is 53.2 Å². The first-order valence-electron chi connectivity index (χ1n) is 8.49. The second kappa shape index (κ2) is 7.28. The van der Waals surface area contributed by atoms with Gasteiger partial charge in [-0.05, 0) is 30.3 Å². The van der Waals surface area contributed by atoms with Crippen LogP contribution in [0.1, 0.15) is 11.5 Å². The molecule has 0 atom stereocenters. The number of benzene rings is 1. The lowest BCUT2D eigenvalue weighted by molar-refractivity contribution is 0.501. The third-order valence-electron chi connectivity index (χ3n) is 4.21. The highest BCUT2D eigenvalue weighted by Gasteiger charge is 2.17. The monoisotopic (exact) mass is 372 g/mol. The molecule has 0 saturated carbocycles. The summed E-state index contributed by atoms with van der Waals surface area (Å²) in [7, 11) is 3.77. The van der Waals surface area contributed by atoms with E-state index in [4.69, 9.17) is 9.68 Å². The molecule has 4 rings (SSSR count). The van der Waals surface area contributed by atoms with Gasteiger partial charge in [-0.25, -0.2) is 0 Å². The van der Waals surface area contributed by atoms with Crippen molar-refractivity contribution in [1.29, 1.82) is 5.26 Å². The van der Waals surface area contributed by atoms with Crippen molar-refractivity contribution in [3.63, 3.8) is 0 Å². The van der Waals surface area contributed by atoms with Crippen LogP contribution in [0.4, 0.5) is 5.95 Å². The number of aromatic nitrogens is 6. The number of hydrogen-bond donors (Lipinski definition) is 0. The Morgan fingerprint density at radius 3 is 2.68 bits per heavy atom. The van der Waals surface area contributed by atoms with Crippen molar-refractivity contribution < 1.29 is 4.42 Å². The van der Waals surface area contributed by atoms with Crippen LogP contribution < -0.4 is 4.90 Å². The Balaban J connectivity index is 1.54. The van der Waals surface area contributed by atoms with Gasteiger partial charge in [0.1, 0.15) is 0 Å². The van der Waals surface area contributed by atoms with Crippen molar-refractivity contribution in [2.75, 3.05) is 11.9 Å². The molecule has 0 N–H and O–H groups in total. The molecule has 138 valence electrons. The molecule has 0 unspecified atom stereocenters. The standard InChI is InChI=1S/C19H16N8O/c1-26(19-25-23-17(27(19)2)14-6-8-21-9-7-14)12-16-22-24-18(28-16)15-5-3-4-13(10-15)11-20/h3-10H,12H2,1-2H3. The Bertz CT molecular complexity index is 1140. The number of hydrogen-bond acceptors (Lipinski definition) is 8. The lowest BCUT2D eigenvalue weighted by Gasteiger charge is -2.15. The maximum absolute atomic E-state index is 9.03. The third-order valence-corrected chi connectivity index (χ3v) is 4.21. The Morgan fingerprint density at radius 2 is 1.89 bits per heavy atom. The summed E-state index contributed by atoms with van der Waals surface area (Å²) in [6.07, 6.45) is 3.43. The van der Waals surface area contributed by atoms with E-state index in [1.54, 1.807) is 30.6 Å². The van der Waals surface area contributed by atoms with Gasteiger partial charge in [-0.1, -0.05) is 6.07 Å². The number of anilines is 1. The lowest BCUT2D eigenvalue weighted by atomic mass is 10.1. The summed E-state index contributed by atoms with van der Waals surface area (Å²) in [5.41, 5.74) is 2.18. The fourth-order valence-electron chi connectivity index (χ4n) is 2.84. The van der Waals surface area contributed by atoms with E-state index < -0.39 is 0 Å². The van der Waals surface area contributed by atoms with E-state index in [-0.39, 0.29) is 0 Å². The largest absolute Gasteiger partial charge is 0.419 e. The van der Waals surface area contributed by atoms with Crippen molar-refractivity contribution in [1.82, 2.24) is 29.9 Å². The molecule has 0 bridgehead atoms. The molecule has 0 aliphatic rings. The van der Waals surface area contributed by atoms with Crippen LogP contribution in [0, 0.1) is 11.3 Å². The molecule has 0 amide bonds. The normalized spacial score (nSPS) is 10.6. The molecule has 0 radical (unpaired) electrons. The van der Waals surface area contributed by atoms with Gasteiger partial charge in [0.15, 0.2) is 5.82 Å². The van der Waals surface area contributed by atoms with Gasteiger partial charge < -0.3 is 9.32 Å². The summed E-state index contributed by atoms with van der Waals surface area (Å²) in [5, 5.41) is 25.7. The molecule has 0 spiro atoms. The van der Waals surface area contributed by atoms with Crippen molar-refractivity contribution >= 4 is 5.95 Å². The van der Waals surface area contributed by atoms with Crippen LogP contribution in [0.25, 0.3) is 22.8 Å². The van der Waals surface area contributed by atoms with Crippen LogP contribution in [0.3, 0.4) is 0 Å². The number of nitrogens with zero attached hydrogens (tertiary/aromatic N) is 8. The molecule has 9 nitrogen and oxygen atoms in total. The highest BCUT2D eigenvalue weighted by molar-refractivity contribution is 5.57. The van der Waals surface area contributed by atoms with E-state index in [1.165, 1.54) is 0 Å². The van der Waals surface area contributed by atoms with Crippen molar-refractivity contribution in [3.05, 3.63) is 60.2 Å². The zero-order valence-corrected chi connectivity index (χ0v) is 15.3. The second-order valence-electron chi connectivity index (χ2n) is 6.17. The van der Waals surface area contributed by atoms with Crippen LogP contribution in [0.2, 0.25) is 0 Å². The van der Waals surface area contributed by atoms with E-state index in [0.29, 0.717) is 35.4 Å². The summed E-state index contributed by atoms with van der Waals surface area (Å²) < 4.78 is 7.65. The summed E-state index contributed by atoms with van der Waals surface area (Å²) >= 11 is 0. The zero-order valence-electron chi connectivity index (χ0n) is 15.3. The van der Waals surface area contributed by atoms with Crippen molar-refractivity contribution in [2.24, 2.45) is 7.05 Å². The summed E-state index contributed by atoms with van der Waals surface area (Å²) in [5.74, 6) is 2.21. The van der Waals surface area contributed by atoms with Gasteiger partial charge in [0.05, 0.1) is 18.2 Å². The fraction of sp³-hybridized carbons (Fsp3) is 0.158. The Morgan fingerprint density at radius 1 is 1.07 bits per heavy atom. The first-order valence-corrected chi connectivity index (χ1v) is 8.49. The average Bonchev–Trinajstić information content (AvgIpc) is 3.35. The Hall–Kier alpha value is -4.06. The van der Waals surface area contributed by atoms with Gasteiger partial charge in [0.2, 0.25) is 17.7 Å². The summed E-state index contributed by atoms with van der Waals surface area (Å²) in [6, 6.07) is 12.9. The summed E-state index contributed by atoms with van der Waals surface area (Å²) in [4.78, 5) is 5.90. The van der Waals surface area contributed by atoms with Crippen LogP contribution >= 0.6 is 0 Å². The first kappa shape index (κ1) is 17.4. The van der Waals surface area contributed by atoms with Crippen LogP contribution in [0.5, 0.6) is 0 Å². The van der Waals surface area contributed by atoms with Crippen molar-refractivity contribution in [3.8, 4) is 28.9 Å². The highest BCUT2D eigenvalue weighted by Crippen LogP contribution is 2.22.